The number of anilines is 1. The fourth-order valence-corrected chi connectivity index (χ4v) is 14.3. The summed E-state index contributed by atoms with van der Waals surface area (Å²) in [4.78, 5) is 41.1. The van der Waals surface area contributed by atoms with Gasteiger partial charge in [-0.1, -0.05) is 73.2 Å². The molecule has 0 bridgehead atoms. The number of ether oxygens (including phenoxy) is 2. The third kappa shape index (κ3) is 14.3. The van der Waals surface area contributed by atoms with E-state index in [-0.39, 0.29) is 54.0 Å². The summed E-state index contributed by atoms with van der Waals surface area (Å²) in [5, 5.41) is 8.37. The minimum atomic E-state index is -4.66. The van der Waals surface area contributed by atoms with Gasteiger partial charge in [0.2, 0.25) is 11.6 Å². The van der Waals surface area contributed by atoms with Crippen molar-refractivity contribution in [3.63, 3.8) is 0 Å². The number of nitrogens with one attached hydrogen (secondary N) is 2. The highest BCUT2D eigenvalue weighted by atomic mass is 32.2. The minimum Gasteiger partial charge on any atom is -0.465 e. The van der Waals surface area contributed by atoms with Crippen LogP contribution in [0.25, 0.3) is 0 Å². The first kappa shape index (κ1) is 60.2. The zero-order valence-electron chi connectivity index (χ0n) is 44.6. The average molecular weight is 1160 g/mol. The molecule has 0 aliphatic carbocycles. The van der Waals surface area contributed by atoms with Crippen molar-refractivity contribution in [1.29, 1.82) is 0 Å². The third-order valence-corrected chi connectivity index (χ3v) is 19.2. The van der Waals surface area contributed by atoms with Gasteiger partial charge in [-0.05, 0) is 125 Å². The Balaban J connectivity index is 1.05. The number of carbonyl (C=O) groups excluding carboxylic acids is 3. The van der Waals surface area contributed by atoms with E-state index in [4.69, 9.17) is 9.47 Å². The molecular weight excluding hydrogens is 1090 g/mol. The van der Waals surface area contributed by atoms with Gasteiger partial charge in [0.05, 0.1) is 33.6 Å². The van der Waals surface area contributed by atoms with Crippen LogP contribution in [0.2, 0.25) is 0 Å². The van der Waals surface area contributed by atoms with Crippen LogP contribution in [-0.4, -0.2) is 120 Å². The zero-order valence-corrected chi connectivity index (χ0v) is 47.9. The topological polar surface area (TPSA) is 263 Å². The maximum atomic E-state index is 13.6. The molecule has 0 spiro atoms. The van der Waals surface area contributed by atoms with Crippen molar-refractivity contribution in [3.8, 4) is 0 Å². The molecule has 5 N–H and O–H groups in total. The number of nitrogens with zero attached hydrogens (tertiary/aromatic N) is 2. The van der Waals surface area contributed by atoms with Gasteiger partial charge in [0.15, 0.2) is 12.3 Å². The standard InChI is InChI=1S/C57H65N4O14PS3/c1-56(2)46-38-43(78(68,69)70)25-28-48(46)61(34-35-74-4)51(56)21-15-22-52-57(3,30-16-36-77(65,66)67)47-39-44(79(71,72)73)26-29-49(47)60(52)33-14-8-13-23-53(62)58-31-32-59-54(63)40-24-27-45(55(64)75-5)50(37-40)76(41-17-9-6-10-18-41)42-19-11-7-12-20-42/h6-7,9-12,15,17-22,24-29,37-39H,8,13-14,16,23,30-36H2,1-5H3,(H4-,58,59,62,63,65,66,67,68,69,70,71,72,73)/p+1. The fourth-order valence-electron chi connectivity index (χ4n) is 10.3. The number of rotatable bonds is 25. The van der Waals surface area contributed by atoms with Crippen molar-refractivity contribution in [2.45, 2.75) is 79.9 Å². The van der Waals surface area contributed by atoms with Gasteiger partial charge in [-0.3, -0.25) is 23.2 Å². The molecule has 5 aromatic carbocycles. The second-order valence-corrected chi connectivity index (χ2v) is 26.5. The molecule has 18 nitrogen and oxygen atoms in total. The monoisotopic (exact) mass is 1160 g/mol. The van der Waals surface area contributed by atoms with Crippen LogP contribution >= 0.6 is 7.92 Å². The number of esters is 1. The van der Waals surface area contributed by atoms with Crippen molar-refractivity contribution in [1.82, 2.24) is 10.6 Å². The predicted molar refractivity (Wildman–Crippen MR) is 305 cm³/mol. The summed E-state index contributed by atoms with van der Waals surface area (Å²) in [6, 6.07) is 33.1. The van der Waals surface area contributed by atoms with Crippen molar-refractivity contribution < 1.29 is 67.3 Å². The molecule has 1 unspecified atom stereocenters. The summed E-state index contributed by atoms with van der Waals surface area (Å²) in [5.74, 6) is -1.68. The Morgan fingerprint density at radius 2 is 1.34 bits per heavy atom. The molecule has 1 atom stereocenters. The molecule has 2 amide bonds. The van der Waals surface area contributed by atoms with Crippen molar-refractivity contribution in [2.24, 2.45) is 0 Å². The summed E-state index contributed by atoms with van der Waals surface area (Å²) < 4.78 is 116. The maximum Gasteiger partial charge on any atom is 0.338 e. The Morgan fingerprint density at radius 1 is 0.722 bits per heavy atom. The lowest BCUT2D eigenvalue weighted by atomic mass is 9.77. The highest BCUT2D eigenvalue weighted by Gasteiger charge is 2.46. The molecular formula is C57H66N4O14PS3+. The summed E-state index contributed by atoms with van der Waals surface area (Å²) in [5.41, 5.74) is 2.79. The minimum absolute atomic E-state index is 0.00513. The molecule has 22 heteroatoms. The summed E-state index contributed by atoms with van der Waals surface area (Å²) in [6.07, 6.45) is 7.49. The largest absolute Gasteiger partial charge is 0.465 e. The Morgan fingerprint density at radius 3 is 1.95 bits per heavy atom. The van der Waals surface area contributed by atoms with Gasteiger partial charge in [0, 0.05) is 78.5 Å². The van der Waals surface area contributed by atoms with E-state index in [1.54, 1.807) is 37.4 Å². The number of amides is 2. The van der Waals surface area contributed by atoms with Crippen LogP contribution in [0.3, 0.4) is 0 Å². The summed E-state index contributed by atoms with van der Waals surface area (Å²) >= 11 is 0. The Hall–Kier alpha value is -6.42. The van der Waals surface area contributed by atoms with Gasteiger partial charge in [-0.15, -0.1) is 0 Å². The molecule has 0 saturated heterocycles. The van der Waals surface area contributed by atoms with Crippen LogP contribution in [0.1, 0.15) is 91.1 Å². The number of unbranched alkanes of at least 4 members (excludes halogenated alkanes) is 2. The SMILES string of the molecule is COCC[N+]1=C(/C=C/C=C2/N(CCCCCC(=O)NCCNC(=O)c3ccc(C(=O)OC)c(P(c4ccccc4)c4ccccc4)c3)c3ccc(S(=O)(=O)O)cc3C2(C)CCCS(=O)(=O)O)C(C)(C)c2cc(S(=O)(=O)O)ccc21. The number of fused-ring (bicyclic) bond motifs is 2. The van der Waals surface area contributed by atoms with Crippen LogP contribution in [0.4, 0.5) is 11.4 Å². The lowest BCUT2D eigenvalue weighted by Crippen LogP contribution is -2.35. The van der Waals surface area contributed by atoms with E-state index in [0.717, 1.165) is 22.0 Å². The van der Waals surface area contributed by atoms with Crippen molar-refractivity contribution in [3.05, 3.63) is 161 Å². The third-order valence-electron chi connectivity index (χ3n) is 14.2. The van der Waals surface area contributed by atoms with Gasteiger partial charge in [-0.2, -0.15) is 29.8 Å². The molecule has 420 valence electrons. The first-order valence-electron chi connectivity index (χ1n) is 25.6. The molecule has 0 aromatic heterocycles. The molecule has 2 heterocycles. The maximum absolute atomic E-state index is 13.6. The Labute approximate surface area is 463 Å². The van der Waals surface area contributed by atoms with E-state index in [1.807, 2.05) is 109 Å². The van der Waals surface area contributed by atoms with Gasteiger partial charge in [0.1, 0.15) is 6.61 Å². The van der Waals surface area contributed by atoms with E-state index in [1.165, 1.54) is 31.4 Å². The normalized spacial score (nSPS) is 16.6. The predicted octanol–water partition coefficient (Wildman–Crippen LogP) is 6.74. The molecule has 2 aliphatic rings. The number of allylic oxidation sites excluding steroid dienone is 4. The number of carbonyl (C=O) groups is 3. The van der Waals surface area contributed by atoms with E-state index >= 15 is 0 Å². The first-order chi connectivity index (χ1) is 37.4. The second-order valence-electron chi connectivity index (χ2n) is 19.9. The Bertz CT molecular complexity index is 3500. The molecule has 0 radical (unpaired) electrons. The molecule has 79 heavy (non-hydrogen) atoms. The number of hydrogen-bond acceptors (Lipinski definition) is 12. The van der Waals surface area contributed by atoms with Crippen LogP contribution in [0.15, 0.2) is 149 Å². The average Bonchev–Trinajstić information content (AvgIpc) is 3.98. The van der Waals surface area contributed by atoms with Gasteiger partial charge < -0.3 is 25.0 Å². The van der Waals surface area contributed by atoms with Crippen molar-refractivity contribution >= 4 is 89.1 Å². The van der Waals surface area contributed by atoms with E-state index in [2.05, 4.69) is 10.6 Å². The number of hydrogen-bond donors (Lipinski definition) is 5. The molecule has 0 saturated carbocycles. The number of methoxy groups -OCH3 is 2. The van der Waals surface area contributed by atoms with E-state index in [9.17, 15) is 53.3 Å². The fraction of sp³-hybridized carbons (Fsp3) is 0.333. The number of benzene rings is 5. The smallest absolute Gasteiger partial charge is 0.338 e. The Kier molecular flexibility index (Phi) is 19.3. The van der Waals surface area contributed by atoms with E-state index < -0.39 is 60.8 Å². The van der Waals surface area contributed by atoms with Gasteiger partial charge >= 0.3 is 5.97 Å². The first-order valence-corrected chi connectivity index (χ1v) is 31.4. The van der Waals surface area contributed by atoms with Crippen LogP contribution in [0.5, 0.6) is 0 Å². The quantitative estimate of drug-likeness (QED) is 0.0133. The highest BCUT2D eigenvalue weighted by molar-refractivity contribution is 7.86. The van der Waals surface area contributed by atoms with Crippen molar-refractivity contribution in [2.75, 3.05) is 57.7 Å². The van der Waals surface area contributed by atoms with Crippen LogP contribution in [0, 0.1) is 0 Å². The molecule has 2 aliphatic heterocycles. The second kappa shape index (κ2) is 25.4. The molecule has 7 rings (SSSR count). The highest BCUT2D eigenvalue weighted by Crippen LogP contribution is 2.51. The summed E-state index contributed by atoms with van der Waals surface area (Å²) in [6.45, 7) is 7.08. The summed E-state index contributed by atoms with van der Waals surface area (Å²) in [7, 11) is -11.9. The van der Waals surface area contributed by atoms with Gasteiger partial charge in [-0.25, -0.2) is 4.79 Å². The van der Waals surface area contributed by atoms with Crippen LogP contribution in [-0.2, 0) is 55.5 Å². The van der Waals surface area contributed by atoms with Crippen LogP contribution < -0.4 is 31.4 Å². The lowest BCUT2D eigenvalue weighted by molar-refractivity contribution is -0.441. The van der Waals surface area contributed by atoms with Gasteiger partial charge in [0.25, 0.3) is 36.3 Å². The van der Waals surface area contributed by atoms with E-state index in [0.29, 0.717) is 77.9 Å². The molecule has 0 fully saturated rings. The zero-order chi connectivity index (χ0) is 57.3. The lowest BCUT2D eigenvalue weighted by Gasteiger charge is -2.30. The molecule has 5 aromatic rings.